The van der Waals surface area contributed by atoms with E-state index >= 15 is 0 Å². The summed E-state index contributed by atoms with van der Waals surface area (Å²) in [5.41, 5.74) is 0.794. The summed E-state index contributed by atoms with van der Waals surface area (Å²) in [6, 6.07) is 5.19. The summed E-state index contributed by atoms with van der Waals surface area (Å²) in [6.45, 7) is 3.67. The van der Waals surface area contributed by atoms with Crippen LogP contribution in [-0.4, -0.2) is 51.4 Å². The van der Waals surface area contributed by atoms with Crippen molar-refractivity contribution in [2.75, 3.05) is 33.7 Å². The van der Waals surface area contributed by atoms with Crippen molar-refractivity contribution >= 4 is 37.6 Å². The minimum atomic E-state index is -3.50. The quantitative estimate of drug-likeness (QED) is 0.633. The van der Waals surface area contributed by atoms with Crippen LogP contribution in [0.15, 0.2) is 27.6 Å². The van der Waals surface area contributed by atoms with E-state index in [0.717, 1.165) is 18.5 Å². The van der Waals surface area contributed by atoms with Crippen LogP contribution in [0.2, 0.25) is 0 Å². The van der Waals surface area contributed by atoms with Crippen molar-refractivity contribution in [3.63, 3.8) is 0 Å². The second-order valence-electron chi connectivity index (χ2n) is 5.05. The standard InChI is InChI=1S/C14H22BrClN2O2S/c1-4-18(9-5-8-17(2)3)21(19,20)14-10-12(11-16)6-7-13(14)15/h6-7,10H,4-5,8-9,11H2,1-3H3. The molecular formula is C14H22BrClN2O2S. The number of sulfonamides is 1. The minimum absolute atomic E-state index is 0.285. The predicted molar refractivity (Wildman–Crippen MR) is 91.3 cm³/mol. The summed E-state index contributed by atoms with van der Waals surface area (Å²) in [4.78, 5) is 2.33. The Bertz CT molecular complexity index is 564. The molecule has 0 bridgehead atoms. The van der Waals surface area contributed by atoms with Crippen molar-refractivity contribution in [2.24, 2.45) is 0 Å². The number of hydrogen-bond donors (Lipinski definition) is 0. The van der Waals surface area contributed by atoms with Gasteiger partial charge in [-0.2, -0.15) is 4.31 Å². The molecule has 0 aromatic heterocycles. The van der Waals surface area contributed by atoms with Gasteiger partial charge < -0.3 is 4.90 Å². The second kappa shape index (κ2) is 8.48. The Morgan fingerprint density at radius 1 is 1.24 bits per heavy atom. The Morgan fingerprint density at radius 2 is 1.90 bits per heavy atom. The lowest BCUT2D eigenvalue weighted by Crippen LogP contribution is -2.33. The first-order chi connectivity index (χ1) is 9.82. The van der Waals surface area contributed by atoms with E-state index in [1.165, 1.54) is 4.31 Å². The van der Waals surface area contributed by atoms with Crippen molar-refractivity contribution in [1.29, 1.82) is 0 Å². The fourth-order valence-electron chi connectivity index (χ4n) is 1.98. The molecule has 1 aromatic rings. The summed E-state index contributed by atoms with van der Waals surface area (Å²) in [6.07, 6.45) is 0.798. The molecule has 0 amide bonds. The molecule has 0 heterocycles. The number of benzene rings is 1. The first kappa shape index (κ1) is 18.9. The van der Waals surface area contributed by atoms with Gasteiger partial charge in [-0.3, -0.25) is 0 Å². The van der Waals surface area contributed by atoms with Crippen LogP contribution in [0.1, 0.15) is 18.9 Å². The molecule has 0 spiro atoms. The molecule has 0 fully saturated rings. The maximum atomic E-state index is 12.8. The lowest BCUT2D eigenvalue weighted by Gasteiger charge is -2.22. The van der Waals surface area contributed by atoms with Crippen LogP contribution < -0.4 is 0 Å². The number of rotatable bonds is 8. The largest absolute Gasteiger partial charge is 0.309 e. The van der Waals surface area contributed by atoms with Gasteiger partial charge >= 0.3 is 0 Å². The van der Waals surface area contributed by atoms with E-state index in [0.29, 0.717) is 23.4 Å². The van der Waals surface area contributed by atoms with E-state index in [1.807, 2.05) is 32.0 Å². The summed E-state index contributed by atoms with van der Waals surface area (Å²) >= 11 is 9.13. The molecule has 120 valence electrons. The predicted octanol–water partition coefficient (Wildman–Crippen LogP) is 3.15. The van der Waals surface area contributed by atoms with E-state index < -0.39 is 10.0 Å². The molecule has 0 saturated heterocycles. The third-order valence-electron chi connectivity index (χ3n) is 3.13. The Balaban J connectivity index is 3.01. The van der Waals surface area contributed by atoms with Crippen LogP contribution in [0, 0.1) is 0 Å². The molecule has 1 rings (SSSR count). The maximum Gasteiger partial charge on any atom is 0.244 e. The van der Waals surface area contributed by atoms with Gasteiger partial charge in [0.25, 0.3) is 0 Å². The van der Waals surface area contributed by atoms with Crippen LogP contribution in [0.4, 0.5) is 0 Å². The molecule has 1 aromatic carbocycles. The lowest BCUT2D eigenvalue weighted by molar-refractivity contribution is 0.356. The average Bonchev–Trinajstić information content (AvgIpc) is 2.43. The molecule has 0 aliphatic carbocycles. The number of nitrogens with zero attached hydrogens (tertiary/aromatic N) is 2. The highest BCUT2D eigenvalue weighted by Crippen LogP contribution is 2.27. The van der Waals surface area contributed by atoms with Gasteiger partial charge in [0, 0.05) is 23.4 Å². The molecule has 0 aliphatic heterocycles. The van der Waals surface area contributed by atoms with Crippen LogP contribution in [0.3, 0.4) is 0 Å². The molecule has 0 atom stereocenters. The fourth-order valence-corrected chi connectivity index (χ4v) is 4.61. The van der Waals surface area contributed by atoms with Gasteiger partial charge in [0.1, 0.15) is 0 Å². The van der Waals surface area contributed by atoms with Gasteiger partial charge in [-0.25, -0.2) is 8.42 Å². The molecule has 0 N–H and O–H groups in total. The maximum absolute atomic E-state index is 12.8. The minimum Gasteiger partial charge on any atom is -0.309 e. The average molecular weight is 398 g/mol. The van der Waals surface area contributed by atoms with Crippen molar-refractivity contribution in [3.05, 3.63) is 28.2 Å². The topological polar surface area (TPSA) is 40.6 Å². The number of halogens is 2. The molecular weight excluding hydrogens is 376 g/mol. The number of alkyl halides is 1. The highest BCUT2D eigenvalue weighted by atomic mass is 79.9. The molecule has 0 radical (unpaired) electrons. The molecule has 7 heteroatoms. The second-order valence-corrected chi connectivity index (χ2v) is 8.08. The summed E-state index contributed by atoms with van der Waals surface area (Å²) in [5, 5.41) is 0. The zero-order chi connectivity index (χ0) is 16.0. The monoisotopic (exact) mass is 396 g/mol. The first-order valence-corrected chi connectivity index (χ1v) is 9.59. The van der Waals surface area contributed by atoms with Gasteiger partial charge in [-0.15, -0.1) is 11.6 Å². The molecule has 0 saturated carbocycles. The fraction of sp³-hybridized carbons (Fsp3) is 0.571. The van der Waals surface area contributed by atoms with Crippen LogP contribution in [0.25, 0.3) is 0 Å². The van der Waals surface area contributed by atoms with Crippen LogP contribution in [0.5, 0.6) is 0 Å². The SMILES string of the molecule is CCN(CCCN(C)C)S(=O)(=O)c1cc(CCl)ccc1Br. The third kappa shape index (κ3) is 5.21. The van der Waals surface area contributed by atoms with Crippen molar-refractivity contribution in [1.82, 2.24) is 9.21 Å². The van der Waals surface area contributed by atoms with Gasteiger partial charge in [-0.05, 0) is 60.7 Å². The van der Waals surface area contributed by atoms with E-state index in [-0.39, 0.29) is 4.90 Å². The number of hydrogen-bond acceptors (Lipinski definition) is 3. The molecule has 0 aliphatic rings. The van der Waals surface area contributed by atoms with Crippen molar-refractivity contribution in [2.45, 2.75) is 24.1 Å². The van der Waals surface area contributed by atoms with Crippen LogP contribution in [-0.2, 0) is 15.9 Å². The normalized spacial score (nSPS) is 12.3. The Hall–Kier alpha value is -0.140. The molecule has 4 nitrogen and oxygen atoms in total. The Labute approximate surface area is 141 Å². The van der Waals surface area contributed by atoms with Crippen molar-refractivity contribution < 1.29 is 8.42 Å². The smallest absolute Gasteiger partial charge is 0.244 e. The summed E-state index contributed by atoms with van der Waals surface area (Å²) in [7, 11) is 0.452. The highest BCUT2D eigenvalue weighted by molar-refractivity contribution is 9.10. The van der Waals surface area contributed by atoms with E-state index in [9.17, 15) is 8.42 Å². The van der Waals surface area contributed by atoms with Gasteiger partial charge in [-0.1, -0.05) is 13.0 Å². The van der Waals surface area contributed by atoms with E-state index in [4.69, 9.17) is 11.6 Å². The van der Waals surface area contributed by atoms with Gasteiger partial charge in [0.2, 0.25) is 10.0 Å². The van der Waals surface area contributed by atoms with Crippen LogP contribution >= 0.6 is 27.5 Å². The Kier molecular flexibility index (Phi) is 7.64. The zero-order valence-electron chi connectivity index (χ0n) is 12.6. The lowest BCUT2D eigenvalue weighted by atomic mass is 10.2. The van der Waals surface area contributed by atoms with Crippen molar-refractivity contribution in [3.8, 4) is 0 Å². The first-order valence-electron chi connectivity index (χ1n) is 6.82. The molecule has 21 heavy (non-hydrogen) atoms. The Morgan fingerprint density at radius 3 is 2.43 bits per heavy atom. The zero-order valence-corrected chi connectivity index (χ0v) is 15.8. The summed E-state index contributed by atoms with van der Waals surface area (Å²) < 4.78 is 27.6. The third-order valence-corrected chi connectivity index (χ3v) is 6.41. The molecule has 0 unspecified atom stereocenters. The van der Waals surface area contributed by atoms with E-state index in [2.05, 4.69) is 15.9 Å². The van der Waals surface area contributed by atoms with Gasteiger partial charge in [0.05, 0.1) is 4.90 Å². The summed E-state index contributed by atoms with van der Waals surface area (Å²) in [5.74, 6) is 0.294. The highest BCUT2D eigenvalue weighted by Gasteiger charge is 2.25. The van der Waals surface area contributed by atoms with Gasteiger partial charge in [0.15, 0.2) is 0 Å². The van der Waals surface area contributed by atoms with E-state index in [1.54, 1.807) is 12.1 Å².